The Kier molecular flexibility index (Phi) is 4.28. The van der Waals surface area contributed by atoms with E-state index in [1.165, 1.54) is 0 Å². The van der Waals surface area contributed by atoms with Crippen molar-refractivity contribution >= 4 is 29.1 Å². The number of halogens is 2. The van der Waals surface area contributed by atoms with Crippen LogP contribution in [0.2, 0.25) is 10.0 Å². The Balaban J connectivity index is 1.96. The van der Waals surface area contributed by atoms with Crippen molar-refractivity contribution in [1.82, 2.24) is 15.1 Å². The molecule has 1 aliphatic heterocycles. The second-order valence-electron chi connectivity index (χ2n) is 7.64. The van der Waals surface area contributed by atoms with Crippen molar-refractivity contribution in [2.24, 2.45) is 0 Å². The van der Waals surface area contributed by atoms with Crippen LogP contribution >= 0.6 is 23.2 Å². The summed E-state index contributed by atoms with van der Waals surface area (Å²) >= 11 is 12.6. The van der Waals surface area contributed by atoms with E-state index in [0.717, 1.165) is 22.4 Å². The molecule has 0 bridgehead atoms. The number of benzene rings is 2. The van der Waals surface area contributed by atoms with Gasteiger partial charge in [0.15, 0.2) is 0 Å². The molecule has 1 amide bonds. The lowest BCUT2D eigenvalue weighted by atomic mass is 9.93. The average molecular weight is 400 g/mol. The fraction of sp³-hybridized carbons (Fsp3) is 0.238. The highest BCUT2D eigenvalue weighted by Crippen LogP contribution is 2.47. The molecule has 4 nitrogen and oxygen atoms in total. The number of hydrogen-bond acceptors (Lipinski definition) is 2. The maximum Gasteiger partial charge on any atom is 0.273 e. The molecule has 1 atom stereocenters. The van der Waals surface area contributed by atoms with Crippen LogP contribution in [-0.4, -0.2) is 26.5 Å². The van der Waals surface area contributed by atoms with Crippen LogP contribution < -0.4 is 0 Å². The van der Waals surface area contributed by atoms with Gasteiger partial charge in [-0.2, -0.15) is 5.10 Å². The lowest BCUT2D eigenvalue weighted by molar-refractivity contribution is 0.0546. The van der Waals surface area contributed by atoms with Crippen molar-refractivity contribution < 1.29 is 4.79 Å². The Hall–Kier alpha value is -2.30. The number of nitrogens with one attached hydrogen (secondary N) is 1. The highest BCUT2D eigenvalue weighted by molar-refractivity contribution is 6.31. The number of hydrogen-bond donors (Lipinski definition) is 1. The van der Waals surface area contributed by atoms with Gasteiger partial charge < -0.3 is 4.90 Å². The molecule has 0 aliphatic carbocycles. The van der Waals surface area contributed by atoms with Crippen LogP contribution in [0.3, 0.4) is 0 Å². The first-order valence-electron chi connectivity index (χ1n) is 8.71. The number of rotatable bonds is 2. The van der Waals surface area contributed by atoms with Gasteiger partial charge in [-0.05, 0) is 44.5 Å². The Bertz CT molecular complexity index is 1020. The number of amides is 1. The summed E-state index contributed by atoms with van der Waals surface area (Å²) in [6.45, 7) is 6.07. The zero-order chi connectivity index (χ0) is 19.3. The second kappa shape index (κ2) is 6.39. The molecule has 138 valence electrons. The predicted octanol–water partition coefficient (Wildman–Crippen LogP) is 5.73. The SMILES string of the molecule is CC(C)(C)N1C(=O)c2[nH]nc(-c3ccc(Cl)cc3)c2C1c1ccccc1Cl. The van der Waals surface area contributed by atoms with Crippen molar-refractivity contribution in [2.45, 2.75) is 32.4 Å². The van der Waals surface area contributed by atoms with Crippen LogP contribution in [-0.2, 0) is 0 Å². The minimum atomic E-state index is -0.391. The Morgan fingerprint density at radius 2 is 1.70 bits per heavy atom. The van der Waals surface area contributed by atoms with E-state index >= 15 is 0 Å². The van der Waals surface area contributed by atoms with Gasteiger partial charge in [-0.15, -0.1) is 0 Å². The van der Waals surface area contributed by atoms with E-state index < -0.39 is 5.54 Å². The largest absolute Gasteiger partial charge is 0.321 e. The van der Waals surface area contributed by atoms with E-state index in [-0.39, 0.29) is 11.9 Å². The Morgan fingerprint density at radius 1 is 1.04 bits per heavy atom. The molecule has 2 heterocycles. The van der Waals surface area contributed by atoms with Gasteiger partial charge in [0.25, 0.3) is 5.91 Å². The smallest absolute Gasteiger partial charge is 0.273 e. The van der Waals surface area contributed by atoms with Crippen LogP contribution in [0.25, 0.3) is 11.3 Å². The summed E-state index contributed by atoms with van der Waals surface area (Å²) in [5, 5.41) is 8.68. The molecule has 0 spiro atoms. The van der Waals surface area contributed by atoms with Crippen LogP contribution in [0.4, 0.5) is 0 Å². The Labute approximate surface area is 168 Å². The minimum absolute atomic E-state index is 0.0740. The standard InChI is InChI=1S/C21H19Cl2N3O/c1-21(2,3)26-19(14-6-4-5-7-15(14)23)16-17(24-25-18(16)20(26)27)12-8-10-13(22)11-9-12/h4-11,19H,1-3H3,(H,24,25). The highest BCUT2D eigenvalue weighted by Gasteiger charge is 2.47. The molecular formula is C21H19Cl2N3O. The molecule has 6 heteroatoms. The predicted molar refractivity (Wildman–Crippen MR) is 108 cm³/mol. The van der Waals surface area contributed by atoms with Crippen molar-refractivity contribution in [1.29, 1.82) is 0 Å². The molecule has 2 aromatic carbocycles. The molecule has 1 unspecified atom stereocenters. The molecule has 0 radical (unpaired) electrons. The lowest BCUT2D eigenvalue weighted by Gasteiger charge is -2.38. The second-order valence-corrected chi connectivity index (χ2v) is 8.48. The van der Waals surface area contributed by atoms with Gasteiger partial charge in [-0.25, -0.2) is 0 Å². The molecule has 0 fully saturated rings. The van der Waals surface area contributed by atoms with Crippen LogP contribution in [0.1, 0.15) is 48.4 Å². The summed E-state index contributed by atoms with van der Waals surface area (Å²) in [6, 6.07) is 14.8. The first kappa shape index (κ1) is 18.1. The van der Waals surface area contributed by atoms with Gasteiger partial charge >= 0.3 is 0 Å². The van der Waals surface area contributed by atoms with Crippen LogP contribution in [0.5, 0.6) is 0 Å². The number of aromatic nitrogens is 2. The Morgan fingerprint density at radius 3 is 2.33 bits per heavy atom. The fourth-order valence-corrected chi connectivity index (χ4v) is 4.02. The zero-order valence-electron chi connectivity index (χ0n) is 15.3. The van der Waals surface area contributed by atoms with Gasteiger partial charge in [0.05, 0.1) is 11.7 Å². The van der Waals surface area contributed by atoms with E-state index in [9.17, 15) is 4.79 Å². The summed E-state index contributed by atoms with van der Waals surface area (Å²) < 4.78 is 0. The molecular weight excluding hydrogens is 381 g/mol. The summed E-state index contributed by atoms with van der Waals surface area (Å²) in [7, 11) is 0. The quantitative estimate of drug-likeness (QED) is 0.598. The van der Waals surface area contributed by atoms with E-state index in [2.05, 4.69) is 10.2 Å². The first-order chi connectivity index (χ1) is 12.8. The highest BCUT2D eigenvalue weighted by atomic mass is 35.5. The van der Waals surface area contributed by atoms with E-state index in [1.807, 2.05) is 74.2 Å². The number of carbonyl (C=O) groups excluding carboxylic acids is 1. The summed E-state index contributed by atoms with van der Waals surface area (Å²) in [5.74, 6) is -0.0740. The minimum Gasteiger partial charge on any atom is -0.321 e. The average Bonchev–Trinajstić information content (AvgIpc) is 3.15. The van der Waals surface area contributed by atoms with Crippen molar-refractivity contribution in [3.63, 3.8) is 0 Å². The van der Waals surface area contributed by atoms with Crippen molar-refractivity contribution in [3.05, 3.63) is 75.4 Å². The number of H-pyrrole nitrogens is 1. The van der Waals surface area contributed by atoms with Crippen molar-refractivity contribution in [3.8, 4) is 11.3 Å². The van der Waals surface area contributed by atoms with Gasteiger partial charge in [-0.1, -0.05) is 53.5 Å². The molecule has 1 aromatic heterocycles. The molecule has 1 N–H and O–H groups in total. The van der Waals surface area contributed by atoms with Crippen LogP contribution in [0.15, 0.2) is 48.5 Å². The maximum atomic E-state index is 13.2. The summed E-state index contributed by atoms with van der Waals surface area (Å²) in [4.78, 5) is 15.1. The number of carbonyl (C=O) groups is 1. The topological polar surface area (TPSA) is 49.0 Å². The third kappa shape index (κ3) is 2.93. The summed E-state index contributed by atoms with van der Waals surface area (Å²) in [6.07, 6.45) is 0. The number of nitrogens with zero attached hydrogens (tertiary/aromatic N) is 2. The molecule has 0 saturated heterocycles. The van der Waals surface area contributed by atoms with Crippen LogP contribution in [0, 0.1) is 0 Å². The molecule has 1 aliphatic rings. The molecule has 27 heavy (non-hydrogen) atoms. The normalized spacial score (nSPS) is 16.7. The van der Waals surface area contributed by atoms with E-state index in [1.54, 1.807) is 0 Å². The van der Waals surface area contributed by atoms with Crippen molar-refractivity contribution in [2.75, 3.05) is 0 Å². The van der Waals surface area contributed by atoms with Gasteiger partial charge in [0.2, 0.25) is 0 Å². The van der Waals surface area contributed by atoms with E-state index in [4.69, 9.17) is 23.2 Å². The monoisotopic (exact) mass is 399 g/mol. The number of fused-ring (bicyclic) bond motifs is 1. The first-order valence-corrected chi connectivity index (χ1v) is 9.47. The number of aromatic amines is 1. The molecule has 4 rings (SSSR count). The van der Waals surface area contributed by atoms with Gasteiger partial charge in [-0.3, -0.25) is 9.89 Å². The van der Waals surface area contributed by atoms with E-state index in [0.29, 0.717) is 15.7 Å². The zero-order valence-corrected chi connectivity index (χ0v) is 16.8. The lowest BCUT2D eigenvalue weighted by Crippen LogP contribution is -2.44. The molecule has 3 aromatic rings. The molecule has 0 saturated carbocycles. The van der Waals surface area contributed by atoms with Gasteiger partial charge in [0.1, 0.15) is 5.69 Å². The fourth-order valence-electron chi connectivity index (χ4n) is 3.66. The van der Waals surface area contributed by atoms with Gasteiger partial charge in [0, 0.05) is 26.7 Å². The summed E-state index contributed by atoms with van der Waals surface area (Å²) in [5.41, 5.74) is 3.50. The third-order valence-corrected chi connectivity index (χ3v) is 5.40. The third-order valence-electron chi connectivity index (χ3n) is 4.81. The maximum absolute atomic E-state index is 13.2.